The molecule has 1 atom stereocenters. The van der Waals surface area contributed by atoms with Gasteiger partial charge in [0.25, 0.3) is 0 Å². The molecule has 2 aromatic heterocycles. The molecule has 7 nitrogen and oxygen atoms in total. The van der Waals surface area contributed by atoms with E-state index in [1.54, 1.807) is 23.6 Å². The Balaban J connectivity index is 1.33. The van der Waals surface area contributed by atoms with Gasteiger partial charge in [-0.25, -0.2) is 9.78 Å². The highest BCUT2D eigenvalue weighted by molar-refractivity contribution is 7.09. The lowest BCUT2D eigenvalue weighted by Crippen LogP contribution is -2.42. The molecule has 1 aromatic carbocycles. The molecule has 1 saturated heterocycles. The zero-order valence-corrected chi connectivity index (χ0v) is 19.6. The minimum atomic E-state index is -0.107. The van der Waals surface area contributed by atoms with Gasteiger partial charge in [0.2, 0.25) is 5.88 Å². The molecule has 2 amide bonds. The van der Waals surface area contributed by atoms with Crippen LogP contribution in [0.3, 0.4) is 0 Å². The lowest BCUT2D eigenvalue weighted by Gasteiger charge is -2.25. The number of urea groups is 1. The second-order valence-corrected chi connectivity index (χ2v) is 8.77. The van der Waals surface area contributed by atoms with E-state index in [0.29, 0.717) is 43.6 Å². The second kappa shape index (κ2) is 11.7. The molecule has 0 radical (unpaired) electrons. The van der Waals surface area contributed by atoms with Crippen molar-refractivity contribution in [1.82, 2.24) is 15.2 Å². The maximum absolute atomic E-state index is 12.9. The first-order valence-electron chi connectivity index (χ1n) is 11.2. The van der Waals surface area contributed by atoms with Crippen LogP contribution in [0.5, 0.6) is 17.4 Å². The smallest absolute Gasteiger partial charge is 0.318 e. The summed E-state index contributed by atoms with van der Waals surface area (Å²) in [5.41, 5.74) is 0.891. The summed E-state index contributed by atoms with van der Waals surface area (Å²) in [6.07, 6.45) is 3.86. The van der Waals surface area contributed by atoms with Gasteiger partial charge in [0.15, 0.2) is 11.5 Å². The number of thiophene rings is 1. The van der Waals surface area contributed by atoms with Crippen molar-refractivity contribution >= 4 is 17.4 Å². The van der Waals surface area contributed by atoms with Gasteiger partial charge in [0, 0.05) is 36.8 Å². The van der Waals surface area contributed by atoms with Gasteiger partial charge >= 0.3 is 6.03 Å². The standard InChI is InChI=1S/C25H29N3O4S/c1-2-30-22-9-3-4-10-23(22)32-24-12-11-19(15-26-24)16-27-25(29)28(17-20-7-5-13-31-20)18-21-8-6-14-33-21/h3-4,6,8-12,14-15,20H,2,5,7,13,16-18H2,1H3,(H,27,29). The largest absolute Gasteiger partial charge is 0.490 e. The molecule has 8 heteroatoms. The van der Waals surface area contributed by atoms with E-state index in [9.17, 15) is 4.79 Å². The van der Waals surface area contributed by atoms with E-state index in [0.717, 1.165) is 29.9 Å². The number of para-hydroxylation sites is 2. The van der Waals surface area contributed by atoms with Crippen LogP contribution in [0.1, 0.15) is 30.2 Å². The van der Waals surface area contributed by atoms with Crippen LogP contribution in [-0.2, 0) is 17.8 Å². The normalized spacial score (nSPS) is 15.2. The first-order chi connectivity index (χ1) is 16.2. The summed E-state index contributed by atoms with van der Waals surface area (Å²) in [5, 5.41) is 5.04. The van der Waals surface area contributed by atoms with Crippen LogP contribution in [0.4, 0.5) is 4.79 Å². The van der Waals surface area contributed by atoms with Crippen molar-refractivity contribution in [3.8, 4) is 17.4 Å². The van der Waals surface area contributed by atoms with Crippen LogP contribution in [0, 0.1) is 0 Å². The average molecular weight is 468 g/mol. The van der Waals surface area contributed by atoms with Crippen LogP contribution < -0.4 is 14.8 Å². The van der Waals surface area contributed by atoms with E-state index in [4.69, 9.17) is 14.2 Å². The van der Waals surface area contributed by atoms with Gasteiger partial charge in [-0.3, -0.25) is 0 Å². The Kier molecular flexibility index (Phi) is 8.16. The summed E-state index contributed by atoms with van der Waals surface area (Å²) in [6, 6.07) is 15.1. The molecule has 0 aliphatic carbocycles. The highest BCUT2D eigenvalue weighted by Crippen LogP contribution is 2.30. The van der Waals surface area contributed by atoms with Crippen molar-refractivity contribution in [2.45, 2.75) is 39.0 Å². The van der Waals surface area contributed by atoms with Crippen LogP contribution in [0.25, 0.3) is 0 Å². The summed E-state index contributed by atoms with van der Waals surface area (Å²) in [7, 11) is 0. The highest BCUT2D eigenvalue weighted by Gasteiger charge is 2.23. The minimum absolute atomic E-state index is 0.105. The monoisotopic (exact) mass is 467 g/mol. The van der Waals surface area contributed by atoms with Crippen LogP contribution in [0.15, 0.2) is 60.1 Å². The molecule has 1 unspecified atom stereocenters. The van der Waals surface area contributed by atoms with E-state index < -0.39 is 0 Å². The molecule has 0 saturated carbocycles. The number of nitrogens with one attached hydrogen (secondary N) is 1. The molecule has 1 N–H and O–H groups in total. The molecule has 4 rings (SSSR count). The number of nitrogens with zero attached hydrogens (tertiary/aromatic N) is 2. The molecule has 0 bridgehead atoms. The SMILES string of the molecule is CCOc1ccccc1Oc1ccc(CNC(=O)N(Cc2cccs2)CC2CCCO2)cn1. The van der Waals surface area contributed by atoms with Crippen LogP contribution >= 0.6 is 11.3 Å². The molecular weight excluding hydrogens is 438 g/mol. The van der Waals surface area contributed by atoms with E-state index in [-0.39, 0.29) is 12.1 Å². The topological polar surface area (TPSA) is 72.9 Å². The van der Waals surface area contributed by atoms with E-state index >= 15 is 0 Å². The molecule has 1 aliphatic heterocycles. The van der Waals surface area contributed by atoms with Crippen molar-refractivity contribution in [2.24, 2.45) is 0 Å². The Labute approximate surface area is 198 Å². The molecule has 0 spiro atoms. The van der Waals surface area contributed by atoms with Crippen LogP contribution in [0.2, 0.25) is 0 Å². The number of pyridine rings is 1. The Bertz CT molecular complexity index is 1000. The molecule has 174 valence electrons. The number of rotatable bonds is 10. The summed E-state index contributed by atoms with van der Waals surface area (Å²) in [4.78, 5) is 20.3. The number of amides is 2. The Hall–Kier alpha value is -3.10. The van der Waals surface area contributed by atoms with Gasteiger partial charge in [0.05, 0.1) is 19.3 Å². The van der Waals surface area contributed by atoms with Gasteiger partial charge in [-0.2, -0.15) is 0 Å². The Morgan fingerprint density at radius 1 is 1.21 bits per heavy atom. The average Bonchev–Trinajstić information content (AvgIpc) is 3.54. The Morgan fingerprint density at radius 3 is 2.79 bits per heavy atom. The van der Waals surface area contributed by atoms with E-state index in [1.807, 2.05) is 59.7 Å². The fourth-order valence-corrected chi connectivity index (χ4v) is 4.35. The summed E-state index contributed by atoms with van der Waals surface area (Å²) in [6.45, 7) is 4.81. The second-order valence-electron chi connectivity index (χ2n) is 7.74. The number of benzene rings is 1. The maximum Gasteiger partial charge on any atom is 0.318 e. The quantitative estimate of drug-likeness (QED) is 0.442. The zero-order valence-electron chi connectivity index (χ0n) is 18.7. The fraction of sp³-hybridized carbons (Fsp3) is 0.360. The maximum atomic E-state index is 12.9. The van der Waals surface area contributed by atoms with Gasteiger partial charge in [-0.1, -0.05) is 24.3 Å². The van der Waals surface area contributed by atoms with Gasteiger partial charge in [-0.15, -0.1) is 11.3 Å². The molecule has 33 heavy (non-hydrogen) atoms. The number of ether oxygens (including phenoxy) is 3. The number of hydrogen-bond acceptors (Lipinski definition) is 6. The van der Waals surface area contributed by atoms with Gasteiger partial charge in [-0.05, 0) is 48.9 Å². The molecule has 1 fully saturated rings. The van der Waals surface area contributed by atoms with Crippen molar-refractivity contribution in [2.75, 3.05) is 19.8 Å². The number of aromatic nitrogens is 1. The van der Waals surface area contributed by atoms with Crippen molar-refractivity contribution in [3.63, 3.8) is 0 Å². The van der Waals surface area contributed by atoms with E-state index in [2.05, 4.69) is 10.3 Å². The third kappa shape index (κ3) is 6.69. The number of carbonyl (C=O) groups is 1. The molecule has 1 aliphatic rings. The fourth-order valence-electron chi connectivity index (χ4n) is 3.63. The Morgan fingerprint density at radius 2 is 2.09 bits per heavy atom. The lowest BCUT2D eigenvalue weighted by molar-refractivity contribution is 0.0796. The summed E-state index contributed by atoms with van der Waals surface area (Å²) >= 11 is 1.65. The highest BCUT2D eigenvalue weighted by atomic mass is 32.1. The third-order valence-electron chi connectivity index (χ3n) is 5.27. The van der Waals surface area contributed by atoms with Crippen molar-refractivity contribution in [1.29, 1.82) is 0 Å². The third-order valence-corrected chi connectivity index (χ3v) is 6.13. The summed E-state index contributed by atoms with van der Waals surface area (Å²) < 4.78 is 17.2. The zero-order chi connectivity index (χ0) is 22.9. The predicted octanol–water partition coefficient (Wildman–Crippen LogP) is 5.22. The number of hydrogen-bond donors (Lipinski definition) is 1. The first-order valence-corrected chi connectivity index (χ1v) is 12.1. The molecule has 3 aromatic rings. The molecule has 3 heterocycles. The van der Waals surface area contributed by atoms with Crippen molar-refractivity contribution < 1.29 is 19.0 Å². The lowest BCUT2D eigenvalue weighted by atomic mass is 10.2. The van der Waals surface area contributed by atoms with Crippen LogP contribution in [-0.4, -0.2) is 41.8 Å². The minimum Gasteiger partial charge on any atom is -0.490 e. The van der Waals surface area contributed by atoms with E-state index in [1.165, 1.54) is 0 Å². The molecular formula is C25H29N3O4S. The first kappa shape index (κ1) is 23.1. The van der Waals surface area contributed by atoms with Crippen molar-refractivity contribution in [3.05, 3.63) is 70.5 Å². The van der Waals surface area contributed by atoms with Gasteiger partial charge in [0.1, 0.15) is 0 Å². The predicted molar refractivity (Wildman–Crippen MR) is 128 cm³/mol. The summed E-state index contributed by atoms with van der Waals surface area (Å²) in [5.74, 6) is 1.76. The van der Waals surface area contributed by atoms with Gasteiger partial charge < -0.3 is 24.4 Å². The number of carbonyl (C=O) groups excluding carboxylic acids is 1.